The number of nitrogens with zero attached hydrogens (tertiary/aromatic N) is 2. The number of halogens is 1. The third kappa shape index (κ3) is 4.78. The lowest BCUT2D eigenvalue weighted by atomic mass is 10.0. The lowest BCUT2D eigenvalue weighted by Gasteiger charge is -2.25. The van der Waals surface area contributed by atoms with E-state index in [0.717, 1.165) is 34.7 Å². The first-order valence-corrected chi connectivity index (χ1v) is 12.5. The Labute approximate surface area is 199 Å². The summed E-state index contributed by atoms with van der Waals surface area (Å²) in [5.41, 5.74) is 1.76. The first kappa shape index (κ1) is 23.4. The van der Waals surface area contributed by atoms with Crippen LogP contribution in [0.25, 0.3) is 0 Å². The molecular weight excluding hydrogens is 479 g/mol. The van der Waals surface area contributed by atoms with Crippen molar-refractivity contribution < 1.29 is 22.4 Å². The van der Waals surface area contributed by atoms with E-state index in [1.807, 2.05) is 0 Å². The Morgan fingerprint density at radius 1 is 1.12 bits per heavy atom. The zero-order valence-corrected chi connectivity index (χ0v) is 19.6. The van der Waals surface area contributed by atoms with Crippen molar-refractivity contribution in [3.63, 3.8) is 0 Å². The number of hydrogen-bond donors (Lipinski definition) is 2. The summed E-state index contributed by atoms with van der Waals surface area (Å²) in [6.45, 7) is 2.43. The van der Waals surface area contributed by atoms with Gasteiger partial charge in [0.25, 0.3) is 15.9 Å². The molecule has 0 radical (unpaired) electrons. The summed E-state index contributed by atoms with van der Waals surface area (Å²) in [4.78, 5) is 26.9. The van der Waals surface area contributed by atoms with Crippen LogP contribution in [0.1, 0.15) is 33.3 Å². The van der Waals surface area contributed by atoms with Crippen molar-refractivity contribution in [3.05, 3.63) is 75.9 Å². The van der Waals surface area contributed by atoms with E-state index in [1.54, 1.807) is 4.90 Å². The van der Waals surface area contributed by atoms with Crippen molar-refractivity contribution in [2.75, 3.05) is 16.6 Å². The lowest BCUT2D eigenvalue weighted by molar-refractivity contribution is -0.129. The van der Waals surface area contributed by atoms with Crippen LogP contribution in [0.15, 0.2) is 53.4 Å². The number of nitriles is 1. The van der Waals surface area contributed by atoms with Crippen LogP contribution in [0, 0.1) is 17.1 Å². The second-order valence-corrected chi connectivity index (χ2v) is 10.4. The van der Waals surface area contributed by atoms with Crippen LogP contribution in [-0.2, 0) is 27.8 Å². The van der Waals surface area contributed by atoms with Crippen LogP contribution in [-0.4, -0.2) is 31.7 Å². The van der Waals surface area contributed by atoms with E-state index in [1.165, 1.54) is 42.5 Å². The summed E-state index contributed by atoms with van der Waals surface area (Å²) in [5.74, 6) is -1.04. The summed E-state index contributed by atoms with van der Waals surface area (Å²) < 4.78 is 40.3. The van der Waals surface area contributed by atoms with Gasteiger partial charge in [-0.3, -0.25) is 14.3 Å². The molecule has 174 valence electrons. The highest BCUT2D eigenvalue weighted by molar-refractivity contribution is 7.92. The fourth-order valence-corrected chi connectivity index (χ4v) is 5.84. The fourth-order valence-electron chi connectivity index (χ4n) is 3.57. The molecule has 1 aliphatic heterocycles. The highest BCUT2D eigenvalue weighted by Crippen LogP contribution is 2.37. The molecule has 0 spiro atoms. The quantitative estimate of drug-likeness (QED) is 0.556. The molecule has 34 heavy (non-hydrogen) atoms. The normalized spacial score (nSPS) is 13.0. The number of benzene rings is 2. The smallest absolute Gasteiger partial charge is 0.261 e. The molecular formula is C23H19FN4O4S2. The number of rotatable bonds is 5. The zero-order valence-electron chi connectivity index (χ0n) is 18.0. The SMILES string of the molecule is CC(=O)N1CCc2c(sc(NC(=O)c3ccc(NS(=O)(=O)c4ccc(F)cc4)cc3)c2C#N)C1. The summed E-state index contributed by atoms with van der Waals surface area (Å²) in [7, 11) is -3.91. The van der Waals surface area contributed by atoms with Crippen molar-refractivity contribution in [2.45, 2.75) is 24.8 Å². The van der Waals surface area contributed by atoms with Gasteiger partial charge in [-0.15, -0.1) is 11.3 Å². The molecule has 8 nitrogen and oxygen atoms in total. The molecule has 0 fully saturated rings. The Kier molecular flexibility index (Phi) is 6.37. The van der Waals surface area contributed by atoms with Crippen molar-refractivity contribution in [1.82, 2.24) is 4.90 Å². The van der Waals surface area contributed by atoms with E-state index in [0.29, 0.717) is 30.1 Å². The molecule has 1 aromatic heterocycles. The number of thiophene rings is 1. The molecule has 3 aromatic rings. The number of fused-ring (bicyclic) bond motifs is 1. The number of amides is 2. The van der Waals surface area contributed by atoms with Gasteiger partial charge < -0.3 is 10.2 Å². The number of carbonyl (C=O) groups is 2. The molecule has 2 aromatic carbocycles. The molecule has 0 bridgehead atoms. The minimum Gasteiger partial charge on any atom is -0.337 e. The molecule has 2 heterocycles. The molecule has 4 rings (SSSR count). The van der Waals surface area contributed by atoms with Gasteiger partial charge >= 0.3 is 0 Å². The van der Waals surface area contributed by atoms with Gasteiger partial charge in [-0.25, -0.2) is 12.8 Å². The fraction of sp³-hybridized carbons (Fsp3) is 0.174. The van der Waals surface area contributed by atoms with Crippen molar-refractivity contribution in [1.29, 1.82) is 5.26 Å². The van der Waals surface area contributed by atoms with Crippen LogP contribution >= 0.6 is 11.3 Å². The average molecular weight is 499 g/mol. The van der Waals surface area contributed by atoms with Crippen LogP contribution in [0.4, 0.5) is 15.1 Å². The van der Waals surface area contributed by atoms with E-state index in [-0.39, 0.29) is 22.1 Å². The standard InChI is InChI=1S/C23H19FN4O4S2/c1-14(29)28-11-10-19-20(12-25)23(33-21(19)13-28)26-22(30)15-2-6-17(7-3-15)27-34(31,32)18-8-4-16(24)5-9-18/h2-9,27H,10-11,13H2,1H3,(H,26,30). The van der Waals surface area contributed by atoms with E-state index in [4.69, 9.17) is 0 Å². The number of carbonyl (C=O) groups excluding carboxylic acids is 2. The molecule has 2 amide bonds. The van der Waals surface area contributed by atoms with Crippen molar-refractivity contribution >= 4 is 43.9 Å². The Morgan fingerprint density at radius 2 is 1.79 bits per heavy atom. The first-order valence-electron chi connectivity index (χ1n) is 10.2. The summed E-state index contributed by atoms with van der Waals surface area (Å²) in [5, 5.41) is 12.8. The van der Waals surface area contributed by atoms with E-state index in [2.05, 4.69) is 16.1 Å². The van der Waals surface area contributed by atoms with Gasteiger partial charge in [0.05, 0.1) is 17.0 Å². The molecule has 11 heteroatoms. The maximum atomic E-state index is 13.1. The molecule has 0 saturated heterocycles. The van der Waals surface area contributed by atoms with Gasteiger partial charge in [-0.1, -0.05) is 0 Å². The van der Waals surface area contributed by atoms with Gasteiger partial charge in [0.15, 0.2) is 0 Å². The van der Waals surface area contributed by atoms with Gasteiger partial charge in [-0.05, 0) is 60.5 Å². The lowest BCUT2D eigenvalue weighted by Crippen LogP contribution is -2.33. The minimum absolute atomic E-state index is 0.0433. The minimum atomic E-state index is -3.91. The predicted octanol–water partition coefficient (Wildman–Crippen LogP) is 3.72. The van der Waals surface area contributed by atoms with Crippen molar-refractivity contribution in [2.24, 2.45) is 0 Å². The summed E-state index contributed by atoms with van der Waals surface area (Å²) in [6, 6.07) is 12.3. The summed E-state index contributed by atoms with van der Waals surface area (Å²) in [6.07, 6.45) is 0.549. The summed E-state index contributed by atoms with van der Waals surface area (Å²) >= 11 is 1.27. The Hall–Kier alpha value is -3.75. The first-order chi connectivity index (χ1) is 16.2. The molecule has 0 saturated carbocycles. The van der Waals surface area contributed by atoms with E-state index in [9.17, 15) is 27.7 Å². The Morgan fingerprint density at radius 3 is 2.41 bits per heavy atom. The monoisotopic (exact) mass is 498 g/mol. The molecule has 0 aliphatic carbocycles. The van der Waals surface area contributed by atoms with Gasteiger partial charge in [-0.2, -0.15) is 5.26 Å². The van der Waals surface area contributed by atoms with Crippen LogP contribution < -0.4 is 10.0 Å². The van der Waals surface area contributed by atoms with Crippen LogP contribution in [0.2, 0.25) is 0 Å². The van der Waals surface area contributed by atoms with E-state index >= 15 is 0 Å². The zero-order chi connectivity index (χ0) is 24.5. The van der Waals surface area contributed by atoms with Gasteiger partial charge in [0.1, 0.15) is 16.9 Å². The highest BCUT2D eigenvalue weighted by Gasteiger charge is 2.26. The number of sulfonamides is 1. The number of nitrogens with one attached hydrogen (secondary N) is 2. The number of hydrogen-bond acceptors (Lipinski definition) is 6. The molecule has 0 atom stereocenters. The van der Waals surface area contributed by atoms with Crippen molar-refractivity contribution in [3.8, 4) is 6.07 Å². The third-order valence-electron chi connectivity index (χ3n) is 5.36. The average Bonchev–Trinajstić information content (AvgIpc) is 3.15. The highest BCUT2D eigenvalue weighted by atomic mass is 32.2. The number of anilines is 2. The van der Waals surface area contributed by atoms with Crippen LogP contribution in [0.3, 0.4) is 0 Å². The molecule has 1 aliphatic rings. The largest absolute Gasteiger partial charge is 0.337 e. The third-order valence-corrected chi connectivity index (χ3v) is 7.89. The second kappa shape index (κ2) is 9.24. The maximum Gasteiger partial charge on any atom is 0.261 e. The second-order valence-electron chi connectivity index (χ2n) is 7.60. The molecule has 0 unspecified atom stereocenters. The van der Waals surface area contributed by atoms with Gasteiger partial charge in [0.2, 0.25) is 5.91 Å². The Balaban J connectivity index is 1.48. The predicted molar refractivity (Wildman–Crippen MR) is 125 cm³/mol. The topological polar surface area (TPSA) is 119 Å². The maximum absolute atomic E-state index is 13.1. The van der Waals surface area contributed by atoms with E-state index < -0.39 is 21.7 Å². The van der Waals surface area contributed by atoms with Crippen LogP contribution in [0.5, 0.6) is 0 Å². The van der Waals surface area contributed by atoms with Gasteiger partial charge in [0, 0.05) is 29.6 Å². The Bertz CT molecular complexity index is 1410. The molecule has 2 N–H and O–H groups in total.